The number of aliphatic hydroxyl groups excluding tert-OH is 1. The Morgan fingerprint density at radius 2 is 1.92 bits per heavy atom. The molecule has 2 nitrogen and oxygen atoms in total. The maximum atomic E-state index is 8.61. The first-order valence-electron chi connectivity index (χ1n) is 4.61. The zero-order valence-electron chi connectivity index (χ0n) is 8.39. The van der Waals surface area contributed by atoms with E-state index in [0.29, 0.717) is 11.3 Å². The third-order valence-corrected chi connectivity index (χ3v) is 4.05. The molecular weight excluding hydrogens is 170 g/mol. The molecule has 0 radical (unpaired) electrons. The fraction of sp³-hybridized carbons (Fsp3) is 1.00. The average molecular weight is 191 g/mol. The number of hydrogen-bond acceptors (Lipinski definition) is 3. The van der Waals surface area contributed by atoms with E-state index in [4.69, 9.17) is 5.11 Å². The first-order valence-corrected chi connectivity index (χ1v) is 5.84. The van der Waals surface area contributed by atoms with Crippen LogP contribution in [0.1, 0.15) is 26.7 Å². The Hall–Kier alpha value is 0.270. The summed E-state index contributed by atoms with van der Waals surface area (Å²) in [6, 6.07) is 0. The monoisotopic (exact) mass is 191 g/mol. The maximum absolute atomic E-state index is 8.61. The third-order valence-electron chi connectivity index (χ3n) is 2.46. The molecule has 0 aromatic rings. The highest BCUT2D eigenvalue weighted by atomic mass is 32.2. The van der Waals surface area contributed by atoms with E-state index in [0.717, 1.165) is 6.54 Å². The molecule has 0 aliphatic heterocycles. The van der Waals surface area contributed by atoms with Crippen molar-refractivity contribution in [2.45, 2.75) is 31.4 Å². The Morgan fingerprint density at radius 3 is 2.25 bits per heavy atom. The number of thioether (sulfide) groups is 1. The summed E-state index contributed by atoms with van der Waals surface area (Å²) in [4.78, 5) is 0. The van der Waals surface area contributed by atoms with Crippen molar-refractivity contribution >= 4 is 11.8 Å². The lowest BCUT2D eigenvalue weighted by molar-refractivity contribution is 0.289. The van der Waals surface area contributed by atoms with Crippen molar-refractivity contribution in [2.24, 2.45) is 0 Å². The molecule has 0 heterocycles. The second-order valence-corrected chi connectivity index (χ2v) is 4.27. The third kappa shape index (κ3) is 3.78. The quantitative estimate of drug-likeness (QED) is 0.598. The summed E-state index contributed by atoms with van der Waals surface area (Å²) < 4.78 is 0.370. The predicted molar refractivity (Wildman–Crippen MR) is 56.8 cm³/mol. The lowest BCUT2D eigenvalue weighted by atomic mass is 10.0. The van der Waals surface area contributed by atoms with Crippen LogP contribution in [0.3, 0.4) is 0 Å². The molecule has 0 aromatic heterocycles. The van der Waals surface area contributed by atoms with Gasteiger partial charge in [-0.05, 0) is 19.1 Å². The van der Waals surface area contributed by atoms with Crippen molar-refractivity contribution in [3.63, 3.8) is 0 Å². The smallest absolute Gasteiger partial charge is 0.0555 e. The van der Waals surface area contributed by atoms with Crippen molar-refractivity contribution in [3.05, 3.63) is 0 Å². The van der Waals surface area contributed by atoms with Gasteiger partial charge in [0.1, 0.15) is 0 Å². The van der Waals surface area contributed by atoms with E-state index in [9.17, 15) is 0 Å². The van der Waals surface area contributed by atoms with Gasteiger partial charge in [-0.25, -0.2) is 0 Å². The zero-order chi connectivity index (χ0) is 9.45. The molecule has 0 aliphatic carbocycles. The van der Waals surface area contributed by atoms with Crippen LogP contribution < -0.4 is 5.32 Å². The van der Waals surface area contributed by atoms with Gasteiger partial charge >= 0.3 is 0 Å². The molecule has 0 atom stereocenters. The van der Waals surface area contributed by atoms with Crippen molar-refractivity contribution in [1.82, 2.24) is 5.32 Å². The number of aliphatic hydroxyl groups is 1. The van der Waals surface area contributed by atoms with E-state index in [1.54, 1.807) is 0 Å². The summed E-state index contributed by atoms with van der Waals surface area (Å²) in [7, 11) is 0. The van der Waals surface area contributed by atoms with Crippen LogP contribution in [-0.2, 0) is 0 Å². The minimum absolute atomic E-state index is 0.234. The van der Waals surface area contributed by atoms with Gasteiger partial charge in [0, 0.05) is 17.8 Å². The van der Waals surface area contributed by atoms with E-state index in [1.807, 2.05) is 11.8 Å². The Morgan fingerprint density at radius 1 is 1.33 bits per heavy atom. The molecule has 0 bridgehead atoms. The molecule has 0 aliphatic rings. The van der Waals surface area contributed by atoms with E-state index in [-0.39, 0.29) is 6.61 Å². The van der Waals surface area contributed by atoms with Gasteiger partial charge in [0.15, 0.2) is 0 Å². The summed E-state index contributed by atoms with van der Waals surface area (Å²) in [5, 5.41) is 11.9. The largest absolute Gasteiger partial charge is 0.395 e. The van der Waals surface area contributed by atoms with E-state index >= 15 is 0 Å². The Labute approximate surface area is 80.1 Å². The molecule has 0 saturated heterocycles. The molecule has 0 unspecified atom stereocenters. The molecular formula is C9H21NOS. The Kier molecular flexibility index (Phi) is 6.90. The van der Waals surface area contributed by atoms with E-state index in [2.05, 4.69) is 25.4 Å². The zero-order valence-corrected chi connectivity index (χ0v) is 9.21. The van der Waals surface area contributed by atoms with Gasteiger partial charge in [-0.3, -0.25) is 0 Å². The van der Waals surface area contributed by atoms with Gasteiger partial charge in [-0.1, -0.05) is 13.8 Å². The van der Waals surface area contributed by atoms with Crippen molar-refractivity contribution < 1.29 is 5.11 Å². The Balaban J connectivity index is 3.76. The maximum Gasteiger partial charge on any atom is 0.0555 e. The molecule has 2 N–H and O–H groups in total. The van der Waals surface area contributed by atoms with Crippen LogP contribution in [-0.4, -0.2) is 35.8 Å². The van der Waals surface area contributed by atoms with Crippen LogP contribution in [0, 0.1) is 0 Å². The minimum atomic E-state index is 0.234. The van der Waals surface area contributed by atoms with Gasteiger partial charge in [0.05, 0.1) is 6.61 Å². The number of rotatable bonds is 7. The second kappa shape index (κ2) is 6.75. The van der Waals surface area contributed by atoms with Gasteiger partial charge in [0.25, 0.3) is 0 Å². The van der Waals surface area contributed by atoms with Crippen LogP contribution in [0.4, 0.5) is 0 Å². The minimum Gasteiger partial charge on any atom is -0.395 e. The number of nitrogens with one attached hydrogen (secondary N) is 1. The van der Waals surface area contributed by atoms with Gasteiger partial charge < -0.3 is 10.4 Å². The van der Waals surface area contributed by atoms with Crippen molar-refractivity contribution in [2.75, 3.05) is 26.0 Å². The van der Waals surface area contributed by atoms with Gasteiger partial charge in [-0.15, -0.1) is 0 Å². The summed E-state index contributed by atoms with van der Waals surface area (Å²) in [6.45, 7) is 6.39. The van der Waals surface area contributed by atoms with Crippen molar-refractivity contribution in [3.8, 4) is 0 Å². The standard InChI is InChI=1S/C9H21NOS/c1-4-9(5-2,12-3)8-10-6-7-11/h10-11H,4-8H2,1-3H3. The SMILES string of the molecule is CCC(CC)(CNCCO)SC. The van der Waals surface area contributed by atoms with E-state index < -0.39 is 0 Å². The lowest BCUT2D eigenvalue weighted by Gasteiger charge is -2.29. The molecule has 0 fully saturated rings. The van der Waals surface area contributed by atoms with Crippen molar-refractivity contribution in [1.29, 1.82) is 0 Å². The highest BCUT2D eigenvalue weighted by Crippen LogP contribution is 2.29. The number of hydrogen-bond donors (Lipinski definition) is 2. The van der Waals surface area contributed by atoms with Gasteiger partial charge in [0.2, 0.25) is 0 Å². The summed E-state index contributed by atoms with van der Waals surface area (Å²) in [6.07, 6.45) is 4.53. The first kappa shape index (κ1) is 12.3. The van der Waals surface area contributed by atoms with Crippen LogP contribution in [0.15, 0.2) is 0 Å². The summed E-state index contributed by atoms with van der Waals surface area (Å²) >= 11 is 1.92. The molecule has 0 rings (SSSR count). The van der Waals surface area contributed by atoms with Crippen LogP contribution >= 0.6 is 11.8 Å². The highest BCUT2D eigenvalue weighted by molar-refractivity contribution is 8.00. The predicted octanol–water partition coefficient (Wildman–Crippen LogP) is 1.49. The second-order valence-electron chi connectivity index (χ2n) is 2.99. The molecule has 0 amide bonds. The lowest BCUT2D eigenvalue weighted by Crippen LogP contribution is -2.37. The fourth-order valence-corrected chi connectivity index (χ4v) is 2.08. The average Bonchev–Trinajstić information content (AvgIpc) is 2.14. The fourth-order valence-electron chi connectivity index (χ4n) is 1.26. The highest BCUT2D eigenvalue weighted by Gasteiger charge is 2.23. The summed E-state index contributed by atoms with van der Waals surface area (Å²) in [5.74, 6) is 0. The van der Waals surface area contributed by atoms with Crippen LogP contribution in [0.25, 0.3) is 0 Å². The Bertz CT molecular complexity index is 96.4. The molecule has 74 valence electrons. The molecule has 0 saturated carbocycles. The molecule has 0 aromatic carbocycles. The molecule has 0 spiro atoms. The van der Waals surface area contributed by atoms with E-state index in [1.165, 1.54) is 12.8 Å². The normalized spacial score (nSPS) is 12.0. The van der Waals surface area contributed by atoms with Gasteiger partial charge in [-0.2, -0.15) is 11.8 Å². The molecule has 3 heteroatoms. The summed E-state index contributed by atoms with van der Waals surface area (Å²) in [5.41, 5.74) is 0. The van der Waals surface area contributed by atoms with Crippen LogP contribution in [0.5, 0.6) is 0 Å². The van der Waals surface area contributed by atoms with Crippen LogP contribution in [0.2, 0.25) is 0 Å². The molecule has 12 heavy (non-hydrogen) atoms. The topological polar surface area (TPSA) is 32.3 Å². The first-order chi connectivity index (χ1) is 5.74.